The van der Waals surface area contributed by atoms with E-state index in [0.717, 1.165) is 5.56 Å². The van der Waals surface area contributed by atoms with Gasteiger partial charge in [0.25, 0.3) is 0 Å². The predicted molar refractivity (Wildman–Crippen MR) is 48.2 cm³/mol. The van der Waals surface area contributed by atoms with Gasteiger partial charge in [0, 0.05) is 0 Å². The number of rotatable bonds is 2. The van der Waals surface area contributed by atoms with Crippen LogP contribution in [0.4, 0.5) is 4.79 Å². The van der Waals surface area contributed by atoms with E-state index < -0.39 is 5.24 Å². The van der Waals surface area contributed by atoms with Crippen LogP contribution in [-0.4, -0.2) is 15.5 Å². The molecular weight excluding hydrogens is 174 g/mol. The third-order valence-corrected chi connectivity index (χ3v) is 1.63. The Labute approximate surface area is 76.0 Å². The summed E-state index contributed by atoms with van der Waals surface area (Å²) in [5.74, 6) is 0. The van der Waals surface area contributed by atoms with Crippen molar-refractivity contribution >= 4 is 17.9 Å². The van der Waals surface area contributed by atoms with Crippen molar-refractivity contribution < 1.29 is 10.0 Å². The summed E-state index contributed by atoms with van der Waals surface area (Å²) in [5, 5.41) is 8.89. The van der Waals surface area contributed by atoms with Gasteiger partial charge in [0.1, 0.15) is 0 Å². The average Bonchev–Trinajstić information content (AvgIpc) is 2.06. The lowest BCUT2D eigenvalue weighted by Crippen LogP contribution is -2.20. The Morgan fingerprint density at radius 1 is 1.42 bits per heavy atom. The molecule has 0 fully saturated rings. The molecule has 1 rings (SSSR count). The topological polar surface area (TPSA) is 40.5 Å². The molecule has 0 heterocycles. The van der Waals surface area contributed by atoms with Crippen LogP contribution in [0.15, 0.2) is 30.3 Å². The fourth-order valence-corrected chi connectivity index (χ4v) is 0.895. The molecule has 0 atom stereocenters. The Morgan fingerprint density at radius 3 is 2.50 bits per heavy atom. The molecule has 0 spiro atoms. The van der Waals surface area contributed by atoms with Crippen molar-refractivity contribution in [3.63, 3.8) is 0 Å². The molecule has 1 aromatic carbocycles. The molecule has 0 bridgehead atoms. The SMILES string of the molecule is O=C(S)N(O)Cc1ccccc1. The second-order valence-electron chi connectivity index (χ2n) is 2.33. The van der Waals surface area contributed by atoms with E-state index in [4.69, 9.17) is 5.21 Å². The number of carbonyl (C=O) groups is 1. The highest BCUT2D eigenvalue weighted by molar-refractivity contribution is 7.96. The summed E-state index contributed by atoms with van der Waals surface area (Å²) < 4.78 is 0. The molecule has 1 N–H and O–H groups in total. The van der Waals surface area contributed by atoms with Crippen molar-refractivity contribution in [3.8, 4) is 0 Å². The summed E-state index contributed by atoms with van der Waals surface area (Å²) in [6.07, 6.45) is 0. The minimum atomic E-state index is -0.654. The highest BCUT2D eigenvalue weighted by atomic mass is 32.1. The third-order valence-electron chi connectivity index (χ3n) is 1.40. The lowest BCUT2D eigenvalue weighted by atomic mass is 10.2. The maximum absolute atomic E-state index is 10.5. The maximum Gasteiger partial charge on any atom is 0.302 e. The van der Waals surface area contributed by atoms with Gasteiger partial charge in [-0.05, 0) is 5.56 Å². The van der Waals surface area contributed by atoms with Gasteiger partial charge in [-0.25, -0.2) is 5.06 Å². The van der Waals surface area contributed by atoms with Crippen molar-refractivity contribution in [3.05, 3.63) is 35.9 Å². The fraction of sp³-hybridized carbons (Fsp3) is 0.125. The number of amides is 1. The van der Waals surface area contributed by atoms with Crippen LogP contribution in [0.25, 0.3) is 0 Å². The van der Waals surface area contributed by atoms with Gasteiger partial charge in [-0.15, -0.1) is 0 Å². The first-order chi connectivity index (χ1) is 5.70. The van der Waals surface area contributed by atoms with E-state index in [2.05, 4.69) is 12.6 Å². The number of benzene rings is 1. The fourth-order valence-electron chi connectivity index (χ4n) is 0.824. The zero-order valence-electron chi connectivity index (χ0n) is 6.34. The molecule has 0 aliphatic rings. The van der Waals surface area contributed by atoms with Crippen molar-refractivity contribution in [2.75, 3.05) is 0 Å². The zero-order chi connectivity index (χ0) is 8.97. The summed E-state index contributed by atoms with van der Waals surface area (Å²) >= 11 is 3.46. The molecule has 0 aliphatic carbocycles. The Bertz CT molecular complexity index is 263. The third kappa shape index (κ3) is 2.56. The van der Waals surface area contributed by atoms with Crippen LogP contribution in [0, 0.1) is 0 Å². The van der Waals surface area contributed by atoms with E-state index in [-0.39, 0.29) is 6.54 Å². The molecule has 0 unspecified atom stereocenters. The molecule has 0 saturated carbocycles. The van der Waals surface area contributed by atoms with Gasteiger partial charge < -0.3 is 0 Å². The summed E-state index contributed by atoms with van der Waals surface area (Å²) in [5.41, 5.74) is 0.863. The van der Waals surface area contributed by atoms with Gasteiger partial charge in [-0.1, -0.05) is 43.0 Å². The summed E-state index contributed by atoms with van der Waals surface area (Å²) in [4.78, 5) is 10.5. The normalized spacial score (nSPS) is 9.50. The van der Waals surface area contributed by atoms with Crippen LogP contribution in [0.3, 0.4) is 0 Å². The van der Waals surface area contributed by atoms with Crippen molar-refractivity contribution in [1.29, 1.82) is 0 Å². The van der Waals surface area contributed by atoms with Crippen LogP contribution in [0.2, 0.25) is 0 Å². The van der Waals surface area contributed by atoms with E-state index in [1.807, 2.05) is 30.3 Å². The zero-order valence-corrected chi connectivity index (χ0v) is 7.24. The summed E-state index contributed by atoms with van der Waals surface area (Å²) in [6.45, 7) is 0.170. The second kappa shape index (κ2) is 4.13. The highest BCUT2D eigenvalue weighted by Gasteiger charge is 2.04. The van der Waals surface area contributed by atoms with E-state index in [1.54, 1.807) is 0 Å². The molecule has 12 heavy (non-hydrogen) atoms. The smallest absolute Gasteiger partial charge is 0.285 e. The second-order valence-corrected chi connectivity index (χ2v) is 2.71. The molecule has 64 valence electrons. The minimum absolute atomic E-state index is 0.170. The monoisotopic (exact) mass is 183 g/mol. The maximum atomic E-state index is 10.5. The summed E-state index contributed by atoms with van der Waals surface area (Å²) in [6, 6.07) is 9.19. The van der Waals surface area contributed by atoms with Crippen LogP contribution in [0.1, 0.15) is 5.56 Å². The van der Waals surface area contributed by atoms with Gasteiger partial charge in [0.15, 0.2) is 0 Å². The molecule has 3 nitrogen and oxygen atoms in total. The van der Waals surface area contributed by atoms with Crippen LogP contribution in [0.5, 0.6) is 0 Å². The van der Waals surface area contributed by atoms with Crippen LogP contribution < -0.4 is 0 Å². The first-order valence-electron chi connectivity index (χ1n) is 3.43. The van der Waals surface area contributed by atoms with E-state index in [0.29, 0.717) is 5.06 Å². The molecule has 1 amide bonds. The lowest BCUT2D eigenvalue weighted by Gasteiger charge is -2.10. The number of hydrogen-bond acceptors (Lipinski definition) is 2. The number of nitrogens with zero attached hydrogens (tertiary/aromatic N) is 1. The Balaban J connectivity index is 2.58. The lowest BCUT2D eigenvalue weighted by molar-refractivity contribution is -0.0388. The van der Waals surface area contributed by atoms with Gasteiger partial charge in [-0.3, -0.25) is 10.0 Å². The molecule has 4 heteroatoms. The van der Waals surface area contributed by atoms with Crippen molar-refractivity contribution in [2.24, 2.45) is 0 Å². The highest BCUT2D eigenvalue weighted by Crippen LogP contribution is 2.03. The minimum Gasteiger partial charge on any atom is -0.285 e. The quantitative estimate of drug-likeness (QED) is 0.418. The van der Waals surface area contributed by atoms with E-state index in [9.17, 15) is 4.79 Å². The molecule has 0 radical (unpaired) electrons. The molecular formula is C8H9NO2S. The Kier molecular flexibility index (Phi) is 3.13. The van der Waals surface area contributed by atoms with E-state index in [1.165, 1.54) is 0 Å². The van der Waals surface area contributed by atoms with Crippen molar-refractivity contribution in [2.45, 2.75) is 6.54 Å². The van der Waals surface area contributed by atoms with Gasteiger partial charge in [0.2, 0.25) is 0 Å². The molecule has 0 saturated heterocycles. The Morgan fingerprint density at radius 2 is 2.00 bits per heavy atom. The molecule has 1 aromatic rings. The van der Waals surface area contributed by atoms with E-state index >= 15 is 0 Å². The summed E-state index contributed by atoms with van der Waals surface area (Å²) in [7, 11) is 0. The standard InChI is InChI=1S/C8H9NO2S/c10-8(12)9(11)6-7-4-2-1-3-5-7/h1-5,11H,6H2,(H,10,12). The van der Waals surface area contributed by atoms with Crippen LogP contribution in [-0.2, 0) is 6.54 Å². The van der Waals surface area contributed by atoms with Crippen LogP contribution >= 0.6 is 12.6 Å². The molecule has 0 aliphatic heterocycles. The number of hydrogen-bond donors (Lipinski definition) is 2. The largest absolute Gasteiger partial charge is 0.302 e. The predicted octanol–water partition coefficient (Wildman–Crippen LogP) is 1.93. The van der Waals surface area contributed by atoms with Crippen molar-refractivity contribution in [1.82, 2.24) is 5.06 Å². The Hall–Kier alpha value is -1.00. The first-order valence-corrected chi connectivity index (χ1v) is 3.88. The first kappa shape index (κ1) is 9.09. The number of hydroxylamine groups is 2. The van der Waals surface area contributed by atoms with Gasteiger partial charge >= 0.3 is 5.24 Å². The van der Waals surface area contributed by atoms with Gasteiger partial charge in [-0.2, -0.15) is 0 Å². The molecule has 0 aromatic heterocycles. The average molecular weight is 183 g/mol. The van der Waals surface area contributed by atoms with Gasteiger partial charge in [0.05, 0.1) is 6.54 Å². The number of thiol groups is 1. The number of carbonyl (C=O) groups excluding carboxylic acids is 1.